The molecular formula is C13H24GeO. The summed E-state index contributed by atoms with van der Waals surface area (Å²) in [5.74, 6) is 10.3. The van der Waals surface area contributed by atoms with Crippen molar-refractivity contribution in [2.75, 3.05) is 0 Å². The molecule has 4 aliphatic rings. The molecule has 15 heavy (non-hydrogen) atoms. The molecule has 0 atom stereocenters. The van der Waals surface area contributed by atoms with Gasteiger partial charge in [0.25, 0.3) is 0 Å². The van der Waals surface area contributed by atoms with Crippen LogP contribution < -0.4 is 0 Å². The summed E-state index contributed by atoms with van der Waals surface area (Å²) in [6.45, 7) is 0. The van der Waals surface area contributed by atoms with Gasteiger partial charge in [0.2, 0.25) is 0 Å². The van der Waals surface area contributed by atoms with Gasteiger partial charge in [-0.1, -0.05) is 0 Å². The zero-order chi connectivity index (χ0) is 10.7. The molecule has 1 nitrogen and oxygen atoms in total. The van der Waals surface area contributed by atoms with Gasteiger partial charge in [-0.05, 0) is 0 Å². The average Bonchev–Trinajstić information content (AvgIpc) is 1.94. The van der Waals surface area contributed by atoms with E-state index in [1.54, 1.807) is 0 Å². The fraction of sp³-hybridized carbons (Fsp3) is 1.00. The molecule has 0 N–H and O–H groups in total. The van der Waals surface area contributed by atoms with Gasteiger partial charge in [-0.3, -0.25) is 0 Å². The summed E-state index contributed by atoms with van der Waals surface area (Å²) < 4.78 is 6.63. The van der Waals surface area contributed by atoms with Crippen LogP contribution in [0.4, 0.5) is 0 Å². The van der Waals surface area contributed by atoms with Crippen molar-refractivity contribution in [3.8, 4) is 0 Å². The Kier molecular flexibility index (Phi) is 2.31. The van der Waals surface area contributed by atoms with E-state index >= 15 is 0 Å². The first-order valence-corrected chi connectivity index (χ1v) is 13.8. The van der Waals surface area contributed by atoms with Gasteiger partial charge in [-0.25, -0.2) is 0 Å². The predicted octanol–water partition coefficient (Wildman–Crippen LogP) is 3.81. The molecule has 0 unspecified atom stereocenters. The maximum atomic E-state index is 6.63. The summed E-state index contributed by atoms with van der Waals surface area (Å²) in [6, 6.07) is 0. The fourth-order valence-electron chi connectivity index (χ4n) is 4.81. The van der Waals surface area contributed by atoms with Crippen LogP contribution in [-0.2, 0) is 3.76 Å². The Balaban J connectivity index is 1.81. The third-order valence-electron chi connectivity index (χ3n) is 4.50. The summed E-state index contributed by atoms with van der Waals surface area (Å²) in [6.07, 6.45) is 8.80. The molecule has 4 fully saturated rings. The van der Waals surface area contributed by atoms with E-state index in [0.29, 0.717) is 5.60 Å². The molecule has 0 radical (unpaired) electrons. The Hall–Kier alpha value is 0.503. The van der Waals surface area contributed by atoms with Crippen molar-refractivity contribution in [3.05, 3.63) is 0 Å². The van der Waals surface area contributed by atoms with Crippen molar-refractivity contribution in [2.45, 2.75) is 61.4 Å². The molecule has 4 aliphatic carbocycles. The first-order valence-electron chi connectivity index (χ1n) is 6.64. The molecule has 0 spiro atoms. The molecule has 4 saturated carbocycles. The van der Waals surface area contributed by atoms with E-state index in [9.17, 15) is 0 Å². The van der Waals surface area contributed by atoms with E-state index < -0.39 is 13.6 Å². The molecule has 0 aromatic carbocycles. The molecule has 0 aliphatic heterocycles. The number of hydrogen-bond donors (Lipinski definition) is 0. The van der Waals surface area contributed by atoms with Gasteiger partial charge in [0.05, 0.1) is 0 Å². The van der Waals surface area contributed by atoms with Crippen molar-refractivity contribution in [2.24, 2.45) is 17.8 Å². The van der Waals surface area contributed by atoms with Crippen LogP contribution in [0, 0.1) is 17.8 Å². The van der Waals surface area contributed by atoms with Crippen LogP contribution >= 0.6 is 0 Å². The van der Waals surface area contributed by atoms with Crippen LogP contribution in [0.2, 0.25) is 17.3 Å². The first-order chi connectivity index (χ1) is 6.94. The molecule has 0 aromatic heterocycles. The van der Waals surface area contributed by atoms with E-state index in [2.05, 4.69) is 17.3 Å². The van der Waals surface area contributed by atoms with Gasteiger partial charge in [0, 0.05) is 0 Å². The topological polar surface area (TPSA) is 9.23 Å². The van der Waals surface area contributed by atoms with Crippen molar-refractivity contribution in [1.29, 1.82) is 0 Å². The van der Waals surface area contributed by atoms with E-state index in [4.69, 9.17) is 3.76 Å². The second-order valence-corrected chi connectivity index (χ2v) is 16.6. The quantitative estimate of drug-likeness (QED) is 0.692. The average molecular weight is 269 g/mol. The monoisotopic (exact) mass is 270 g/mol. The number of hydrogen-bond acceptors (Lipinski definition) is 1. The van der Waals surface area contributed by atoms with Gasteiger partial charge in [0.1, 0.15) is 0 Å². The Bertz CT molecular complexity index is 231. The van der Waals surface area contributed by atoms with E-state index in [0.717, 1.165) is 17.8 Å². The third-order valence-corrected chi connectivity index (χ3v) is 6.70. The van der Waals surface area contributed by atoms with Crippen molar-refractivity contribution >= 4 is 13.6 Å². The molecule has 0 amide bonds. The zero-order valence-electron chi connectivity index (χ0n) is 10.4. The van der Waals surface area contributed by atoms with Crippen LogP contribution in [0.25, 0.3) is 0 Å². The van der Waals surface area contributed by atoms with Crippen molar-refractivity contribution in [3.63, 3.8) is 0 Å². The van der Waals surface area contributed by atoms with Crippen LogP contribution in [0.3, 0.4) is 0 Å². The van der Waals surface area contributed by atoms with Crippen LogP contribution in [-0.4, -0.2) is 19.2 Å². The van der Waals surface area contributed by atoms with Crippen molar-refractivity contribution in [1.82, 2.24) is 0 Å². The molecule has 4 rings (SSSR count). The van der Waals surface area contributed by atoms with Crippen LogP contribution in [0.15, 0.2) is 0 Å². The minimum atomic E-state index is -1.83. The molecule has 0 heterocycles. The van der Waals surface area contributed by atoms with Gasteiger partial charge < -0.3 is 0 Å². The zero-order valence-corrected chi connectivity index (χ0v) is 12.5. The normalized spacial score (nSPS) is 48.6. The SMILES string of the molecule is [CH3][Ge]([CH3])([CH3])[O]C12CC3CC(CC(C3)C1)C2. The van der Waals surface area contributed by atoms with Crippen molar-refractivity contribution < 1.29 is 3.76 Å². The summed E-state index contributed by atoms with van der Waals surface area (Å²) in [5, 5.41) is 0. The molecule has 86 valence electrons. The minimum absolute atomic E-state index is 0.368. The molecule has 0 saturated heterocycles. The molecule has 4 bridgehead atoms. The fourth-order valence-corrected chi connectivity index (χ4v) is 8.06. The Labute approximate surface area is 96.7 Å². The summed E-state index contributed by atoms with van der Waals surface area (Å²) in [4.78, 5) is 0. The Morgan fingerprint density at radius 3 is 1.60 bits per heavy atom. The summed E-state index contributed by atoms with van der Waals surface area (Å²) >= 11 is -1.83. The van der Waals surface area contributed by atoms with E-state index in [1.165, 1.54) is 38.5 Å². The second-order valence-electron chi connectivity index (χ2n) is 7.32. The third kappa shape index (κ3) is 2.02. The number of rotatable bonds is 2. The Morgan fingerprint density at radius 1 is 0.867 bits per heavy atom. The van der Waals surface area contributed by atoms with Crippen LogP contribution in [0.1, 0.15) is 38.5 Å². The maximum absolute atomic E-state index is 6.63. The van der Waals surface area contributed by atoms with Gasteiger partial charge >= 0.3 is 96.5 Å². The molecular weight excluding hydrogens is 245 g/mol. The summed E-state index contributed by atoms with van der Waals surface area (Å²) in [7, 11) is 0. The van der Waals surface area contributed by atoms with E-state index in [1.807, 2.05) is 0 Å². The van der Waals surface area contributed by atoms with E-state index in [-0.39, 0.29) is 0 Å². The predicted molar refractivity (Wildman–Crippen MR) is 65.3 cm³/mol. The summed E-state index contributed by atoms with van der Waals surface area (Å²) in [5.41, 5.74) is 0.368. The second kappa shape index (κ2) is 3.25. The standard InChI is InChI=1S/C13H24GeO/c1-14(2,3)15-13-7-10-4-11(8-13)6-12(5-10)9-13/h10-12H,4-9H2,1-3H3. The Morgan fingerprint density at radius 2 is 1.27 bits per heavy atom. The first kappa shape index (κ1) is 10.6. The van der Waals surface area contributed by atoms with Crippen LogP contribution in [0.5, 0.6) is 0 Å². The molecule has 2 heteroatoms. The van der Waals surface area contributed by atoms with Gasteiger partial charge in [0.15, 0.2) is 0 Å². The molecule has 0 aromatic rings. The van der Waals surface area contributed by atoms with Gasteiger partial charge in [-0.2, -0.15) is 0 Å². The van der Waals surface area contributed by atoms with Gasteiger partial charge in [-0.15, -0.1) is 0 Å².